The molecule has 0 bridgehead atoms. The molecule has 184 valence electrons. The van der Waals surface area contributed by atoms with Crippen LogP contribution in [0.2, 0.25) is 5.02 Å². The van der Waals surface area contributed by atoms with Crippen LogP contribution >= 0.6 is 11.6 Å². The van der Waals surface area contributed by atoms with Crippen LogP contribution in [0.25, 0.3) is 10.9 Å². The molecule has 9 heteroatoms. The van der Waals surface area contributed by atoms with Crippen molar-refractivity contribution in [3.63, 3.8) is 0 Å². The normalized spacial score (nSPS) is 24.3. The van der Waals surface area contributed by atoms with Crippen molar-refractivity contribution in [3.8, 4) is 6.07 Å². The van der Waals surface area contributed by atoms with Crippen LogP contribution in [0.1, 0.15) is 61.9 Å². The van der Waals surface area contributed by atoms with Crippen molar-refractivity contribution in [2.75, 3.05) is 13.1 Å². The van der Waals surface area contributed by atoms with Crippen LogP contribution < -0.4 is 10.6 Å². The topological polar surface area (TPSA) is 118 Å². The number of nitriles is 1. The van der Waals surface area contributed by atoms with Gasteiger partial charge in [-0.3, -0.25) is 14.4 Å². The fraction of sp³-hybridized carbons (Fsp3) is 0.538. The first-order chi connectivity index (χ1) is 16.9. The van der Waals surface area contributed by atoms with Gasteiger partial charge >= 0.3 is 0 Å². The summed E-state index contributed by atoms with van der Waals surface area (Å²) in [5, 5.41) is 16.7. The molecule has 2 aliphatic heterocycles. The second-order valence-electron chi connectivity index (χ2n) is 10.3. The maximum absolute atomic E-state index is 13.7. The number of fused-ring (bicyclic) bond motifs is 1. The highest BCUT2D eigenvalue weighted by Crippen LogP contribution is 2.46. The fourth-order valence-corrected chi connectivity index (χ4v) is 6.35. The molecule has 1 saturated carbocycles. The van der Waals surface area contributed by atoms with Gasteiger partial charge in [-0.2, -0.15) is 5.26 Å². The second-order valence-corrected chi connectivity index (χ2v) is 10.7. The van der Waals surface area contributed by atoms with E-state index in [0.29, 0.717) is 42.2 Å². The molecule has 3 fully saturated rings. The maximum Gasteiger partial charge on any atom is 0.271 e. The van der Waals surface area contributed by atoms with Gasteiger partial charge in [-0.05, 0) is 49.7 Å². The minimum atomic E-state index is -0.775. The number of halogens is 1. The molecule has 8 nitrogen and oxygen atoms in total. The lowest BCUT2D eigenvalue weighted by Crippen LogP contribution is -2.49. The van der Waals surface area contributed by atoms with Gasteiger partial charge in [-0.25, -0.2) is 0 Å². The SMILES string of the molecule is N#C[C@H](C[C@@H]1CCNC1=O)NC(=O)[C@@H]1CC2(CCCCC2)CN1C(=O)c1cc2cccc(Cl)c2[nH]1. The van der Waals surface area contributed by atoms with Crippen molar-refractivity contribution in [1.29, 1.82) is 5.26 Å². The number of aromatic amines is 1. The highest BCUT2D eigenvalue weighted by molar-refractivity contribution is 6.35. The third kappa shape index (κ3) is 4.62. The average Bonchev–Trinajstić information content (AvgIpc) is 3.57. The molecule has 3 N–H and O–H groups in total. The molecule has 3 atom stereocenters. The molecule has 35 heavy (non-hydrogen) atoms. The van der Waals surface area contributed by atoms with Crippen LogP contribution in [-0.4, -0.2) is 52.8 Å². The number of rotatable bonds is 5. The van der Waals surface area contributed by atoms with Crippen molar-refractivity contribution in [2.24, 2.45) is 11.3 Å². The van der Waals surface area contributed by atoms with Gasteiger partial charge in [-0.15, -0.1) is 0 Å². The predicted molar refractivity (Wildman–Crippen MR) is 132 cm³/mol. The molecule has 5 rings (SSSR count). The molecule has 0 unspecified atom stereocenters. The zero-order valence-electron chi connectivity index (χ0n) is 19.6. The molecular weight excluding hydrogens is 466 g/mol. The molecule has 1 spiro atoms. The van der Waals surface area contributed by atoms with Crippen molar-refractivity contribution < 1.29 is 14.4 Å². The number of likely N-dealkylation sites (tertiary alicyclic amines) is 1. The van der Waals surface area contributed by atoms with Gasteiger partial charge in [0.25, 0.3) is 5.91 Å². The van der Waals surface area contributed by atoms with Crippen LogP contribution in [0.5, 0.6) is 0 Å². The minimum absolute atomic E-state index is 0.0733. The van der Waals surface area contributed by atoms with E-state index in [0.717, 1.165) is 31.1 Å². The van der Waals surface area contributed by atoms with Gasteiger partial charge in [0, 0.05) is 24.4 Å². The number of H-pyrrole nitrogens is 1. The molecule has 0 radical (unpaired) electrons. The van der Waals surface area contributed by atoms with Crippen LogP contribution in [0.3, 0.4) is 0 Å². The van der Waals surface area contributed by atoms with Crippen LogP contribution in [0.4, 0.5) is 0 Å². The van der Waals surface area contributed by atoms with Crippen molar-refractivity contribution >= 4 is 40.2 Å². The molecule has 1 aromatic carbocycles. The quantitative estimate of drug-likeness (QED) is 0.588. The Bertz CT molecular complexity index is 1200. The lowest BCUT2D eigenvalue weighted by Gasteiger charge is -2.32. The Balaban J connectivity index is 1.38. The van der Waals surface area contributed by atoms with Crippen LogP contribution in [-0.2, 0) is 9.59 Å². The second kappa shape index (κ2) is 9.54. The van der Waals surface area contributed by atoms with E-state index in [1.165, 1.54) is 6.42 Å². The summed E-state index contributed by atoms with van der Waals surface area (Å²) >= 11 is 6.30. The highest BCUT2D eigenvalue weighted by Gasteiger charge is 2.49. The number of hydrogen-bond acceptors (Lipinski definition) is 4. The number of nitrogens with zero attached hydrogens (tertiary/aromatic N) is 2. The monoisotopic (exact) mass is 495 g/mol. The van der Waals surface area contributed by atoms with Crippen LogP contribution in [0.15, 0.2) is 24.3 Å². The van der Waals surface area contributed by atoms with Crippen LogP contribution in [0, 0.1) is 22.7 Å². The van der Waals surface area contributed by atoms with Gasteiger partial charge in [0.05, 0.1) is 16.6 Å². The Morgan fingerprint density at radius 1 is 1.29 bits per heavy atom. The van der Waals surface area contributed by atoms with E-state index in [4.69, 9.17) is 11.6 Å². The first kappa shape index (κ1) is 23.7. The zero-order chi connectivity index (χ0) is 24.6. The van der Waals surface area contributed by atoms with Crippen molar-refractivity contribution in [3.05, 3.63) is 35.0 Å². The lowest BCUT2D eigenvalue weighted by molar-refractivity contribution is -0.126. The number of carbonyl (C=O) groups excluding carboxylic acids is 3. The Hall–Kier alpha value is -3.05. The number of aromatic nitrogens is 1. The van der Waals surface area contributed by atoms with E-state index >= 15 is 0 Å². The largest absolute Gasteiger partial charge is 0.356 e. The molecule has 2 aromatic rings. The Morgan fingerprint density at radius 3 is 2.77 bits per heavy atom. The number of benzene rings is 1. The van der Waals surface area contributed by atoms with E-state index in [2.05, 4.69) is 21.7 Å². The van der Waals surface area contributed by atoms with Gasteiger partial charge in [0.15, 0.2) is 0 Å². The molecule has 1 aromatic heterocycles. The first-order valence-corrected chi connectivity index (χ1v) is 12.8. The Morgan fingerprint density at radius 2 is 2.09 bits per heavy atom. The molecule has 3 aliphatic rings. The van der Waals surface area contributed by atoms with Crippen molar-refractivity contribution in [1.82, 2.24) is 20.5 Å². The number of carbonyl (C=O) groups is 3. The first-order valence-electron chi connectivity index (χ1n) is 12.4. The third-order valence-corrected chi connectivity index (χ3v) is 8.29. The van der Waals surface area contributed by atoms with E-state index in [-0.39, 0.29) is 35.5 Å². The Kier molecular flexibility index (Phi) is 6.45. The fourth-order valence-electron chi connectivity index (χ4n) is 6.12. The highest BCUT2D eigenvalue weighted by atomic mass is 35.5. The molecule has 3 amide bonds. The summed E-state index contributed by atoms with van der Waals surface area (Å²) in [6.07, 6.45) is 6.87. The molecular formula is C26H30ClN5O3. The van der Waals surface area contributed by atoms with E-state index in [1.807, 2.05) is 12.1 Å². The summed E-state index contributed by atoms with van der Waals surface area (Å²) in [6, 6.07) is 7.98. The summed E-state index contributed by atoms with van der Waals surface area (Å²) in [6.45, 7) is 1.12. The number of amides is 3. The average molecular weight is 496 g/mol. The van der Waals surface area contributed by atoms with Crippen molar-refractivity contribution in [2.45, 2.75) is 63.5 Å². The van der Waals surface area contributed by atoms with Gasteiger partial charge < -0.3 is 20.5 Å². The summed E-state index contributed by atoms with van der Waals surface area (Å²) in [5.74, 6) is -0.902. The van der Waals surface area contributed by atoms with E-state index < -0.39 is 12.1 Å². The number of para-hydroxylation sites is 1. The smallest absolute Gasteiger partial charge is 0.271 e. The van der Waals surface area contributed by atoms with E-state index in [1.54, 1.807) is 17.0 Å². The summed E-state index contributed by atoms with van der Waals surface area (Å²) in [4.78, 5) is 44.0. The molecule has 1 aliphatic carbocycles. The summed E-state index contributed by atoms with van der Waals surface area (Å²) in [7, 11) is 0. The lowest BCUT2D eigenvalue weighted by atomic mass is 9.72. The zero-order valence-corrected chi connectivity index (χ0v) is 20.4. The van der Waals surface area contributed by atoms with E-state index in [9.17, 15) is 19.6 Å². The van der Waals surface area contributed by atoms with Gasteiger partial charge in [0.2, 0.25) is 11.8 Å². The summed E-state index contributed by atoms with van der Waals surface area (Å²) < 4.78 is 0. The predicted octanol–water partition coefficient (Wildman–Crippen LogP) is 3.52. The number of hydrogen-bond donors (Lipinski definition) is 3. The molecule has 3 heterocycles. The maximum atomic E-state index is 13.7. The standard InChI is InChI=1S/C26H30ClN5O3/c27-19-6-4-5-16-12-20(31-22(16)19)25(35)32-15-26(8-2-1-3-9-26)13-21(32)24(34)30-18(14-28)11-17-7-10-29-23(17)33/h4-6,12,17-18,21,31H,1-3,7-11,13,15H2,(H,29,33)(H,30,34)/t17-,18-,21-/m0/s1. The number of nitrogens with one attached hydrogen (secondary N) is 3. The Labute approximate surface area is 209 Å². The van der Waals surface area contributed by atoms with Gasteiger partial charge in [-0.1, -0.05) is 43.0 Å². The third-order valence-electron chi connectivity index (χ3n) is 7.98. The minimum Gasteiger partial charge on any atom is -0.356 e. The summed E-state index contributed by atoms with van der Waals surface area (Å²) in [5.41, 5.74) is 1.02. The molecule has 2 saturated heterocycles. The van der Waals surface area contributed by atoms with Gasteiger partial charge in [0.1, 0.15) is 17.8 Å².